The summed E-state index contributed by atoms with van der Waals surface area (Å²) >= 11 is 1.70. The van der Waals surface area contributed by atoms with E-state index >= 15 is 0 Å². The summed E-state index contributed by atoms with van der Waals surface area (Å²) in [5.74, 6) is 0.649. The zero-order valence-electron chi connectivity index (χ0n) is 10.5. The lowest BCUT2D eigenvalue weighted by molar-refractivity contribution is -0.156. The standard InChI is InChI=1S/C11H17N3O3S/c1-11(2)10(17)13-8(15)5-14(11)9(16)7-6-18-4-3-12-7/h7,12H,3-6H2,1-2H3,(H,13,15,17). The van der Waals surface area contributed by atoms with Crippen molar-refractivity contribution in [3.8, 4) is 0 Å². The molecule has 2 N–H and O–H groups in total. The number of imide groups is 1. The van der Waals surface area contributed by atoms with E-state index in [1.165, 1.54) is 4.90 Å². The Morgan fingerprint density at radius 2 is 2.17 bits per heavy atom. The maximum Gasteiger partial charge on any atom is 0.252 e. The van der Waals surface area contributed by atoms with Crippen LogP contribution in [0, 0.1) is 0 Å². The van der Waals surface area contributed by atoms with Gasteiger partial charge in [-0.05, 0) is 13.8 Å². The van der Waals surface area contributed by atoms with Crippen molar-refractivity contribution in [3.63, 3.8) is 0 Å². The van der Waals surface area contributed by atoms with Crippen molar-refractivity contribution in [2.24, 2.45) is 0 Å². The molecule has 2 saturated heterocycles. The monoisotopic (exact) mass is 271 g/mol. The van der Waals surface area contributed by atoms with Crippen LogP contribution in [0.4, 0.5) is 0 Å². The van der Waals surface area contributed by atoms with E-state index in [0.717, 1.165) is 12.3 Å². The summed E-state index contributed by atoms with van der Waals surface area (Å²) in [6, 6.07) is -0.304. The molecule has 7 heteroatoms. The van der Waals surface area contributed by atoms with Gasteiger partial charge < -0.3 is 10.2 Å². The molecule has 2 rings (SSSR count). The Kier molecular flexibility index (Phi) is 3.63. The summed E-state index contributed by atoms with van der Waals surface area (Å²) in [6.07, 6.45) is 0. The highest BCUT2D eigenvalue weighted by atomic mass is 32.2. The van der Waals surface area contributed by atoms with E-state index in [-0.39, 0.29) is 18.5 Å². The molecule has 6 nitrogen and oxygen atoms in total. The molecule has 0 spiro atoms. The number of hydrogen-bond donors (Lipinski definition) is 2. The van der Waals surface area contributed by atoms with Crippen LogP contribution in [0.1, 0.15) is 13.8 Å². The van der Waals surface area contributed by atoms with E-state index in [1.807, 2.05) is 0 Å². The Labute approximate surface area is 110 Å². The highest BCUT2D eigenvalue weighted by Gasteiger charge is 2.45. The van der Waals surface area contributed by atoms with Gasteiger partial charge in [0, 0.05) is 18.1 Å². The van der Waals surface area contributed by atoms with Crippen molar-refractivity contribution in [1.29, 1.82) is 0 Å². The molecule has 100 valence electrons. The molecule has 0 saturated carbocycles. The first-order valence-corrected chi connectivity index (χ1v) is 7.05. The van der Waals surface area contributed by atoms with E-state index in [4.69, 9.17) is 0 Å². The molecule has 1 unspecified atom stereocenters. The van der Waals surface area contributed by atoms with Gasteiger partial charge in [-0.1, -0.05) is 0 Å². The molecule has 2 aliphatic rings. The Hall–Kier alpha value is -1.08. The highest BCUT2D eigenvalue weighted by Crippen LogP contribution is 2.21. The zero-order chi connectivity index (χ0) is 13.3. The summed E-state index contributed by atoms with van der Waals surface area (Å²) in [7, 11) is 0. The van der Waals surface area contributed by atoms with Crippen molar-refractivity contribution >= 4 is 29.5 Å². The van der Waals surface area contributed by atoms with E-state index in [1.54, 1.807) is 25.6 Å². The number of piperazine rings is 1. The molecule has 3 amide bonds. The lowest BCUT2D eigenvalue weighted by Gasteiger charge is -2.42. The zero-order valence-corrected chi connectivity index (χ0v) is 11.3. The van der Waals surface area contributed by atoms with Crippen LogP contribution in [0.2, 0.25) is 0 Å². The fraction of sp³-hybridized carbons (Fsp3) is 0.727. The quantitative estimate of drug-likeness (QED) is 0.595. The molecule has 0 radical (unpaired) electrons. The molecule has 2 heterocycles. The minimum atomic E-state index is -0.977. The topological polar surface area (TPSA) is 78.5 Å². The fourth-order valence-electron chi connectivity index (χ4n) is 2.05. The number of thioether (sulfide) groups is 1. The van der Waals surface area contributed by atoms with Gasteiger partial charge in [0.05, 0.1) is 6.04 Å². The molecule has 0 bridgehead atoms. The number of amides is 3. The fourth-order valence-corrected chi connectivity index (χ4v) is 2.97. The Balaban J connectivity index is 2.16. The van der Waals surface area contributed by atoms with Crippen LogP contribution in [-0.2, 0) is 14.4 Å². The number of carbonyl (C=O) groups is 3. The molecule has 2 fully saturated rings. The van der Waals surface area contributed by atoms with Crippen molar-refractivity contribution in [1.82, 2.24) is 15.5 Å². The lowest BCUT2D eigenvalue weighted by atomic mass is 9.97. The van der Waals surface area contributed by atoms with Crippen molar-refractivity contribution in [3.05, 3.63) is 0 Å². The molecule has 0 aromatic heterocycles. The summed E-state index contributed by atoms with van der Waals surface area (Å²) in [4.78, 5) is 36.9. The third-order valence-corrected chi connectivity index (χ3v) is 4.33. The maximum atomic E-state index is 12.4. The number of hydrogen-bond acceptors (Lipinski definition) is 5. The third-order valence-electron chi connectivity index (χ3n) is 3.27. The van der Waals surface area contributed by atoms with E-state index in [2.05, 4.69) is 10.6 Å². The van der Waals surface area contributed by atoms with Crippen LogP contribution in [0.15, 0.2) is 0 Å². The van der Waals surface area contributed by atoms with Gasteiger partial charge >= 0.3 is 0 Å². The predicted octanol–water partition coefficient (Wildman–Crippen LogP) is -1.04. The third kappa shape index (κ3) is 2.37. The first-order chi connectivity index (χ1) is 8.43. The minimum Gasteiger partial charge on any atom is -0.318 e. The number of carbonyl (C=O) groups excluding carboxylic acids is 3. The average Bonchev–Trinajstić information content (AvgIpc) is 2.34. The summed E-state index contributed by atoms with van der Waals surface area (Å²) < 4.78 is 0. The van der Waals surface area contributed by atoms with Crippen LogP contribution in [0.5, 0.6) is 0 Å². The lowest BCUT2D eigenvalue weighted by Crippen LogP contribution is -2.68. The van der Waals surface area contributed by atoms with Crippen molar-refractivity contribution < 1.29 is 14.4 Å². The van der Waals surface area contributed by atoms with Gasteiger partial charge in [0.1, 0.15) is 12.1 Å². The molecule has 18 heavy (non-hydrogen) atoms. The predicted molar refractivity (Wildman–Crippen MR) is 68.1 cm³/mol. The minimum absolute atomic E-state index is 0.0551. The van der Waals surface area contributed by atoms with Crippen LogP contribution >= 0.6 is 11.8 Å². The van der Waals surface area contributed by atoms with Gasteiger partial charge in [-0.15, -0.1) is 0 Å². The normalized spacial score (nSPS) is 27.9. The van der Waals surface area contributed by atoms with Crippen LogP contribution in [-0.4, -0.2) is 58.8 Å². The summed E-state index contributed by atoms with van der Waals surface area (Å²) in [5, 5.41) is 5.39. The van der Waals surface area contributed by atoms with Gasteiger partial charge in [-0.3, -0.25) is 19.7 Å². The maximum absolute atomic E-state index is 12.4. The van der Waals surface area contributed by atoms with Crippen LogP contribution in [0.25, 0.3) is 0 Å². The van der Waals surface area contributed by atoms with E-state index < -0.39 is 17.4 Å². The number of nitrogens with zero attached hydrogens (tertiary/aromatic N) is 1. The molecule has 0 aromatic carbocycles. The number of nitrogens with one attached hydrogen (secondary N) is 2. The Morgan fingerprint density at radius 3 is 2.78 bits per heavy atom. The average molecular weight is 271 g/mol. The second kappa shape index (κ2) is 4.89. The first kappa shape index (κ1) is 13.4. The summed E-state index contributed by atoms with van der Waals surface area (Å²) in [5.41, 5.74) is -0.977. The summed E-state index contributed by atoms with van der Waals surface area (Å²) in [6.45, 7) is 4.03. The van der Waals surface area contributed by atoms with Gasteiger partial charge in [-0.2, -0.15) is 11.8 Å². The molecule has 0 aliphatic carbocycles. The Morgan fingerprint density at radius 1 is 1.44 bits per heavy atom. The van der Waals surface area contributed by atoms with Gasteiger partial charge in [0.2, 0.25) is 11.8 Å². The molecular weight excluding hydrogens is 254 g/mol. The smallest absolute Gasteiger partial charge is 0.252 e. The first-order valence-electron chi connectivity index (χ1n) is 5.90. The molecule has 1 atom stereocenters. The van der Waals surface area contributed by atoms with Gasteiger partial charge in [-0.25, -0.2) is 0 Å². The SMILES string of the molecule is CC1(C)C(=O)NC(=O)CN1C(=O)C1CSCCN1. The Bertz CT molecular complexity index is 391. The second-order valence-electron chi connectivity index (χ2n) is 4.94. The van der Waals surface area contributed by atoms with Gasteiger partial charge in [0.15, 0.2) is 0 Å². The largest absolute Gasteiger partial charge is 0.318 e. The van der Waals surface area contributed by atoms with Crippen molar-refractivity contribution in [2.45, 2.75) is 25.4 Å². The van der Waals surface area contributed by atoms with Gasteiger partial charge in [0.25, 0.3) is 5.91 Å². The van der Waals surface area contributed by atoms with E-state index in [0.29, 0.717) is 5.75 Å². The number of rotatable bonds is 1. The van der Waals surface area contributed by atoms with Crippen LogP contribution < -0.4 is 10.6 Å². The van der Waals surface area contributed by atoms with Crippen LogP contribution in [0.3, 0.4) is 0 Å². The molecular formula is C11H17N3O3S. The van der Waals surface area contributed by atoms with E-state index in [9.17, 15) is 14.4 Å². The highest BCUT2D eigenvalue weighted by molar-refractivity contribution is 7.99. The molecule has 0 aromatic rings. The second-order valence-corrected chi connectivity index (χ2v) is 6.09. The van der Waals surface area contributed by atoms with Crippen molar-refractivity contribution in [2.75, 3.05) is 24.6 Å². The molecule has 2 aliphatic heterocycles.